The first-order valence-electron chi connectivity index (χ1n) is 3.18. The van der Waals surface area contributed by atoms with Crippen molar-refractivity contribution < 1.29 is 9.53 Å². The van der Waals surface area contributed by atoms with E-state index in [-0.39, 0.29) is 11.5 Å². The second-order valence-electron chi connectivity index (χ2n) is 2.26. The number of cyclic esters (lactones) is 1. The molecule has 58 valence electrons. The molecule has 1 rings (SSSR count). The van der Waals surface area contributed by atoms with Crippen LogP contribution in [0.1, 0.15) is 6.42 Å². The average molecular weight is 161 g/mol. The molecule has 1 fully saturated rings. The van der Waals surface area contributed by atoms with E-state index in [0.29, 0.717) is 0 Å². The normalized spacial score (nSPS) is 26.4. The SMILES string of the molecule is CSC1CCN(C)C(=O)O1. The van der Waals surface area contributed by atoms with Gasteiger partial charge in [-0.25, -0.2) is 4.79 Å². The lowest BCUT2D eigenvalue weighted by Gasteiger charge is -2.27. The van der Waals surface area contributed by atoms with E-state index in [1.807, 2.05) is 6.26 Å². The monoisotopic (exact) mass is 161 g/mol. The van der Waals surface area contributed by atoms with Crippen LogP contribution in [0.5, 0.6) is 0 Å². The summed E-state index contributed by atoms with van der Waals surface area (Å²) in [5.74, 6) is 0. The predicted molar refractivity (Wildman–Crippen MR) is 41.0 cm³/mol. The third kappa shape index (κ3) is 1.56. The maximum atomic E-state index is 10.9. The van der Waals surface area contributed by atoms with Crippen LogP contribution < -0.4 is 0 Å². The highest BCUT2D eigenvalue weighted by atomic mass is 32.2. The Hall–Kier alpha value is -0.380. The van der Waals surface area contributed by atoms with Crippen LogP contribution in [0, 0.1) is 0 Å². The van der Waals surface area contributed by atoms with Crippen LogP contribution in [0.15, 0.2) is 0 Å². The molecule has 1 unspecified atom stereocenters. The number of ether oxygens (including phenoxy) is 1. The molecule has 1 amide bonds. The molecule has 0 aromatic carbocycles. The van der Waals surface area contributed by atoms with Crippen molar-refractivity contribution >= 4 is 17.9 Å². The summed E-state index contributed by atoms with van der Waals surface area (Å²) in [4.78, 5) is 12.4. The standard InChI is InChI=1S/C6H11NO2S/c1-7-4-3-5(10-2)9-6(7)8/h5H,3-4H2,1-2H3. The quantitative estimate of drug-likeness (QED) is 0.577. The summed E-state index contributed by atoms with van der Waals surface area (Å²) >= 11 is 1.58. The van der Waals surface area contributed by atoms with Crippen LogP contribution in [0.4, 0.5) is 4.79 Å². The van der Waals surface area contributed by atoms with E-state index in [4.69, 9.17) is 4.74 Å². The first-order chi connectivity index (χ1) is 4.74. The fourth-order valence-corrected chi connectivity index (χ4v) is 1.34. The summed E-state index contributed by atoms with van der Waals surface area (Å²) < 4.78 is 5.00. The van der Waals surface area contributed by atoms with E-state index >= 15 is 0 Å². The fraction of sp³-hybridized carbons (Fsp3) is 0.833. The molecule has 4 heteroatoms. The zero-order chi connectivity index (χ0) is 7.56. The van der Waals surface area contributed by atoms with Gasteiger partial charge in [0.1, 0.15) is 0 Å². The van der Waals surface area contributed by atoms with Crippen molar-refractivity contribution in [3.05, 3.63) is 0 Å². The van der Waals surface area contributed by atoms with Gasteiger partial charge in [0.25, 0.3) is 0 Å². The van der Waals surface area contributed by atoms with Gasteiger partial charge < -0.3 is 9.64 Å². The van der Waals surface area contributed by atoms with Crippen LogP contribution in [-0.4, -0.2) is 36.3 Å². The van der Waals surface area contributed by atoms with E-state index in [1.165, 1.54) is 0 Å². The van der Waals surface area contributed by atoms with Gasteiger partial charge in [0.2, 0.25) is 0 Å². The van der Waals surface area contributed by atoms with Crippen LogP contribution in [0.2, 0.25) is 0 Å². The van der Waals surface area contributed by atoms with Crippen LogP contribution in [-0.2, 0) is 4.74 Å². The van der Waals surface area contributed by atoms with Crippen molar-refractivity contribution in [1.82, 2.24) is 4.90 Å². The number of carbonyl (C=O) groups excluding carboxylic acids is 1. The highest BCUT2D eigenvalue weighted by molar-refractivity contribution is 7.99. The number of rotatable bonds is 1. The molecule has 0 aromatic rings. The minimum absolute atomic E-state index is 0.0729. The Bertz CT molecular complexity index is 140. The predicted octanol–water partition coefficient (Wildman–Crippen LogP) is 1.15. The van der Waals surface area contributed by atoms with E-state index < -0.39 is 0 Å². The maximum Gasteiger partial charge on any atom is 0.410 e. The highest BCUT2D eigenvalue weighted by Crippen LogP contribution is 2.18. The van der Waals surface area contributed by atoms with E-state index in [1.54, 1.807) is 23.7 Å². The second kappa shape index (κ2) is 3.14. The van der Waals surface area contributed by atoms with Crippen molar-refractivity contribution in [2.24, 2.45) is 0 Å². The van der Waals surface area contributed by atoms with Gasteiger partial charge in [-0.3, -0.25) is 0 Å². The molecule has 0 saturated carbocycles. The summed E-state index contributed by atoms with van der Waals surface area (Å²) in [6.45, 7) is 0.810. The first kappa shape index (κ1) is 7.72. The molecule has 0 spiro atoms. The molecule has 0 aromatic heterocycles. The van der Waals surface area contributed by atoms with Crippen molar-refractivity contribution in [3.8, 4) is 0 Å². The van der Waals surface area contributed by atoms with Crippen molar-refractivity contribution in [1.29, 1.82) is 0 Å². The molecule has 10 heavy (non-hydrogen) atoms. The van der Waals surface area contributed by atoms with Crippen molar-refractivity contribution in [2.75, 3.05) is 19.8 Å². The van der Waals surface area contributed by atoms with Gasteiger partial charge in [0.05, 0.1) is 0 Å². The molecule has 1 aliphatic heterocycles. The lowest BCUT2D eigenvalue weighted by atomic mass is 10.4. The lowest BCUT2D eigenvalue weighted by molar-refractivity contribution is 0.0699. The smallest absolute Gasteiger partial charge is 0.410 e. The molecule has 1 heterocycles. The molecule has 0 radical (unpaired) electrons. The fourth-order valence-electron chi connectivity index (χ4n) is 0.818. The number of hydrogen-bond acceptors (Lipinski definition) is 3. The molecule has 1 atom stereocenters. The highest BCUT2D eigenvalue weighted by Gasteiger charge is 2.22. The van der Waals surface area contributed by atoms with E-state index in [2.05, 4.69) is 0 Å². The Labute approximate surface area is 64.7 Å². The summed E-state index contributed by atoms with van der Waals surface area (Å²) in [5.41, 5.74) is 0.0729. The zero-order valence-electron chi connectivity index (χ0n) is 6.16. The zero-order valence-corrected chi connectivity index (χ0v) is 6.98. The Morgan fingerprint density at radius 1 is 1.80 bits per heavy atom. The molecule has 3 nitrogen and oxygen atoms in total. The second-order valence-corrected chi connectivity index (χ2v) is 3.26. The third-order valence-corrected chi connectivity index (χ3v) is 2.36. The largest absolute Gasteiger partial charge is 0.435 e. The van der Waals surface area contributed by atoms with Gasteiger partial charge >= 0.3 is 6.09 Å². The number of thioether (sulfide) groups is 1. The molecule has 1 aliphatic rings. The summed E-state index contributed by atoms with van der Waals surface area (Å²) in [6.07, 6.45) is 2.68. The third-order valence-electron chi connectivity index (χ3n) is 1.51. The number of carbonyl (C=O) groups is 1. The number of hydrogen-bond donors (Lipinski definition) is 0. The van der Waals surface area contributed by atoms with Crippen molar-refractivity contribution in [3.63, 3.8) is 0 Å². The van der Waals surface area contributed by atoms with Gasteiger partial charge in [-0.05, 0) is 6.26 Å². The van der Waals surface area contributed by atoms with Crippen LogP contribution in [0.3, 0.4) is 0 Å². The Morgan fingerprint density at radius 2 is 2.50 bits per heavy atom. The Balaban J connectivity index is 2.41. The Kier molecular flexibility index (Phi) is 2.43. The molecule has 0 N–H and O–H groups in total. The van der Waals surface area contributed by atoms with Gasteiger partial charge in [-0.15, -0.1) is 11.8 Å². The lowest BCUT2D eigenvalue weighted by Crippen LogP contribution is -2.37. The number of nitrogens with zero attached hydrogens (tertiary/aromatic N) is 1. The summed E-state index contributed by atoms with van der Waals surface area (Å²) in [6, 6.07) is 0. The van der Waals surface area contributed by atoms with Crippen molar-refractivity contribution in [2.45, 2.75) is 11.9 Å². The number of amides is 1. The maximum absolute atomic E-state index is 10.9. The Morgan fingerprint density at radius 3 is 3.00 bits per heavy atom. The molecule has 0 bridgehead atoms. The molecular formula is C6H11NO2S. The molecule has 1 saturated heterocycles. The summed E-state index contributed by atoms with van der Waals surface area (Å²) in [7, 11) is 1.75. The molecule has 0 aliphatic carbocycles. The van der Waals surface area contributed by atoms with E-state index in [9.17, 15) is 4.79 Å². The summed E-state index contributed by atoms with van der Waals surface area (Å²) in [5, 5.41) is 0. The van der Waals surface area contributed by atoms with Gasteiger partial charge in [0, 0.05) is 20.0 Å². The van der Waals surface area contributed by atoms with E-state index in [0.717, 1.165) is 13.0 Å². The van der Waals surface area contributed by atoms with Crippen LogP contribution >= 0.6 is 11.8 Å². The van der Waals surface area contributed by atoms with Gasteiger partial charge in [0.15, 0.2) is 5.44 Å². The minimum atomic E-state index is -0.203. The molecular weight excluding hydrogens is 150 g/mol. The van der Waals surface area contributed by atoms with Gasteiger partial charge in [-0.2, -0.15) is 0 Å². The average Bonchev–Trinajstić information content (AvgIpc) is 1.95. The first-order valence-corrected chi connectivity index (χ1v) is 4.47. The minimum Gasteiger partial charge on any atom is -0.435 e. The van der Waals surface area contributed by atoms with Gasteiger partial charge in [-0.1, -0.05) is 0 Å². The van der Waals surface area contributed by atoms with Crippen LogP contribution in [0.25, 0.3) is 0 Å². The topological polar surface area (TPSA) is 29.5 Å².